The third-order valence-corrected chi connectivity index (χ3v) is 7.44. The molecule has 0 saturated carbocycles. The molecule has 1 amide bonds. The lowest BCUT2D eigenvalue weighted by atomic mass is 10.0. The van der Waals surface area contributed by atoms with Crippen LogP contribution in [0, 0.1) is 12.8 Å². The molecule has 7 nitrogen and oxygen atoms in total. The molecule has 9 heteroatoms. The van der Waals surface area contributed by atoms with Gasteiger partial charge in [-0.1, -0.05) is 43.7 Å². The van der Waals surface area contributed by atoms with E-state index in [-0.39, 0.29) is 15.7 Å². The SMILES string of the molecule is Cc1ccc(S(=O)(=O)N[C@H](CC(C)C)C(=O)N[C@@H](C)c2ccc(S(C)(=O)=O)cc2)cc1. The molecule has 2 aromatic carbocycles. The van der Waals surface area contributed by atoms with Gasteiger partial charge >= 0.3 is 0 Å². The van der Waals surface area contributed by atoms with Crippen molar-refractivity contribution in [2.45, 2.75) is 56.0 Å². The molecule has 0 aliphatic heterocycles. The Kier molecular flexibility index (Phi) is 8.02. The molecule has 0 aromatic heterocycles. The van der Waals surface area contributed by atoms with Crippen LogP contribution in [0.5, 0.6) is 0 Å². The molecule has 2 atom stereocenters. The molecule has 170 valence electrons. The largest absolute Gasteiger partial charge is 0.348 e. The molecule has 0 aliphatic carbocycles. The van der Waals surface area contributed by atoms with Gasteiger partial charge in [0.2, 0.25) is 15.9 Å². The van der Waals surface area contributed by atoms with E-state index in [9.17, 15) is 21.6 Å². The third kappa shape index (κ3) is 7.15. The molecule has 0 saturated heterocycles. The molecule has 0 aliphatic rings. The van der Waals surface area contributed by atoms with Gasteiger partial charge in [0.1, 0.15) is 6.04 Å². The summed E-state index contributed by atoms with van der Waals surface area (Å²) in [5.74, 6) is -0.357. The number of hydrogen-bond acceptors (Lipinski definition) is 5. The Morgan fingerprint density at radius 2 is 1.39 bits per heavy atom. The van der Waals surface area contributed by atoms with Gasteiger partial charge < -0.3 is 5.32 Å². The molecule has 2 rings (SSSR count). The van der Waals surface area contributed by atoms with E-state index >= 15 is 0 Å². The van der Waals surface area contributed by atoms with E-state index in [0.717, 1.165) is 11.8 Å². The average Bonchev–Trinajstić information content (AvgIpc) is 2.66. The first-order valence-electron chi connectivity index (χ1n) is 9.99. The predicted molar refractivity (Wildman–Crippen MR) is 121 cm³/mol. The van der Waals surface area contributed by atoms with Crippen molar-refractivity contribution in [2.75, 3.05) is 6.26 Å². The van der Waals surface area contributed by atoms with Crippen molar-refractivity contribution in [2.24, 2.45) is 5.92 Å². The van der Waals surface area contributed by atoms with Gasteiger partial charge in [0.05, 0.1) is 15.8 Å². The summed E-state index contributed by atoms with van der Waals surface area (Å²) in [5, 5.41) is 2.83. The van der Waals surface area contributed by atoms with E-state index in [0.29, 0.717) is 12.0 Å². The molecule has 0 fully saturated rings. The first-order valence-corrected chi connectivity index (χ1v) is 13.4. The molecule has 31 heavy (non-hydrogen) atoms. The number of carbonyl (C=O) groups excluding carboxylic acids is 1. The second-order valence-corrected chi connectivity index (χ2v) is 11.9. The molecule has 2 aromatic rings. The molecule has 0 heterocycles. The molecule has 0 bridgehead atoms. The lowest BCUT2D eigenvalue weighted by Gasteiger charge is -2.23. The van der Waals surface area contributed by atoms with Crippen LogP contribution in [0.1, 0.15) is 44.4 Å². The van der Waals surface area contributed by atoms with E-state index in [2.05, 4.69) is 10.0 Å². The third-order valence-electron chi connectivity index (χ3n) is 4.82. The Hall–Kier alpha value is -2.23. The van der Waals surface area contributed by atoms with E-state index in [1.54, 1.807) is 31.2 Å². The molecule has 2 N–H and O–H groups in total. The van der Waals surface area contributed by atoms with Crippen LogP contribution in [0.15, 0.2) is 58.3 Å². The number of benzene rings is 2. The zero-order chi connectivity index (χ0) is 23.4. The summed E-state index contributed by atoms with van der Waals surface area (Å²) in [6.07, 6.45) is 1.46. The minimum atomic E-state index is -3.87. The Balaban J connectivity index is 2.18. The molecular formula is C22H30N2O5S2. The summed E-state index contributed by atoms with van der Waals surface area (Å²) in [5.41, 5.74) is 1.65. The van der Waals surface area contributed by atoms with Crippen LogP contribution in [0.4, 0.5) is 0 Å². The maximum absolute atomic E-state index is 12.9. The number of sulfonamides is 1. The number of carbonyl (C=O) groups is 1. The number of hydrogen-bond donors (Lipinski definition) is 2. The van der Waals surface area contributed by atoms with Crippen molar-refractivity contribution in [1.29, 1.82) is 0 Å². The Morgan fingerprint density at radius 3 is 1.87 bits per heavy atom. The fraction of sp³-hybridized carbons (Fsp3) is 0.409. The van der Waals surface area contributed by atoms with Gasteiger partial charge in [-0.25, -0.2) is 16.8 Å². The van der Waals surface area contributed by atoms with Crippen molar-refractivity contribution in [3.05, 3.63) is 59.7 Å². The standard InChI is InChI=1S/C22H30N2O5S2/c1-15(2)14-21(24-31(28,29)20-10-6-16(3)7-11-20)22(25)23-17(4)18-8-12-19(13-9-18)30(5,26)27/h6-13,15,17,21,24H,14H2,1-5H3,(H,23,25)/t17-,21+/m0/s1. The smallest absolute Gasteiger partial charge is 0.241 e. The highest BCUT2D eigenvalue weighted by Gasteiger charge is 2.27. The van der Waals surface area contributed by atoms with Crippen LogP contribution in [0.2, 0.25) is 0 Å². The first kappa shape index (κ1) is 25.0. The van der Waals surface area contributed by atoms with Gasteiger partial charge in [-0.05, 0) is 56.0 Å². The van der Waals surface area contributed by atoms with Crippen LogP contribution < -0.4 is 10.0 Å². The van der Waals surface area contributed by atoms with E-state index in [1.165, 1.54) is 24.3 Å². The second kappa shape index (κ2) is 9.93. The van der Waals surface area contributed by atoms with Gasteiger partial charge in [0, 0.05) is 6.26 Å². The normalized spacial score (nSPS) is 14.3. The Morgan fingerprint density at radius 1 is 0.871 bits per heavy atom. The summed E-state index contributed by atoms with van der Waals surface area (Å²) in [6, 6.07) is 11.3. The summed E-state index contributed by atoms with van der Waals surface area (Å²) in [7, 11) is -7.18. The highest BCUT2D eigenvalue weighted by atomic mass is 32.2. The van der Waals surface area contributed by atoms with Crippen molar-refractivity contribution < 1.29 is 21.6 Å². The van der Waals surface area contributed by atoms with Crippen LogP contribution in [-0.4, -0.2) is 35.0 Å². The van der Waals surface area contributed by atoms with Gasteiger partial charge in [-0.3, -0.25) is 4.79 Å². The van der Waals surface area contributed by atoms with E-state index in [1.807, 2.05) is 20.8 Å². The fourth-order valence-corrected chi connectivity index (χ4v) is 4.89. The fourth-order valence-electron chi connectivity index (χ4n) is 3.05. The van der Waals surface area contributed by atoms with Gasteiger partial charge in [0.15, 0.2) is 9.84 Å². The number of amides is 1. The number of sulfone groups is 1. The number of aryl methyl sites for hydroxylation is 1. The van der Waals surface area contributed by atoms with Gasteiger partial charge in [0.25, 0.3) is 0 Å². The molecule has 0 radical (unpaired) electrons. The lowest BCUT2D eigenvalue weighted by Crippen LogP contribution is -2.47. The number of rotatable bonds is 9. The Labute approximate surface area is 185 Å². The quantitative estimate of drug-likeness (QED) is 0.590. The monoisotopic (exact) mass is 466 g/mol. The van der Waals surface area contributed by atoms with Crippen LogP contribution in [0.3, 0.4) is 0 Å². The second-order valence-electron chi connectivity index (χ2n) is 8.19. The Bertz CT molecular complexity index is 1110. The van der Waals surface area contributed by atoms with Crippen LogP contribution in [0.25, 0.3) is 0 Å². The van der Waals surface area contributed by atoms with Crippen molar-refractivity contribution >= 4 is 25.8 Å². The van der Waals surface area contributed by atoms with E-state index in [4.69, 9.17) is 0 Å². The average molecular weight is 467 g/mol. The lowest BCUT2D eigenvalue weighted by molar-refractivity contribution is -0.123. The molecule has 0 spiro atoms. The maximum Gasteiger partial charge on any atom is 0.241 e. The van der Waals surface area contributed by atoms with Crippen LogP contribution >= 0.6 is 0 Å². The molecular weight excluding hydrogens is 436 g/mol. The summed E-state index contributed by atoms with van der Waals surface area (Å²) in [6.45, 7) is 7.44. The van der Waals surface area contributed by atoms with E-state index < -0.39 is 37.9 Å². The number of nitrogens with one attached hydrogen (secondary N) is 2. The van der Waals surface area contributed by atoms with Crippen molar-refractivity contribution in [3.8, 4) is 0 Å². The predicted octanol–water partition coefficient (Wildman–Crippen LogP) is 2.97. The first-order chi connectivity index (χ1) is 14.3. The van der Waals surface area contributed by atoms with Gasteiger partial charge in [-0.2, -0.15) is 4.72 Å². The highest BCUT2D eigenvalue weighted by Crippen LogP contribution is 2.18. The molecule has 0 unspecified atom stereocenters. The van der Waals surface area contributed by atoms with Gasteiger partial charge in [-0.15, -0.1) is 0 Å². The topological polar surface area (TPSA) is 109 Å². The zero-order valence-electron chi connectivity index (χ0n) is 18.4. The summed E-state index contributed by atoms with van der Waals surface area (Å²) < 4.78 is 51.3. The minimum Gasteiger partial charge on any atom is -0.348 e. The van der Waals surface area contributed by atoms with Crippen molar-refractivity contribution in [1.82, 2.24) is 10.0 Å². The minimum absolute atomic E-state index is 0.0841. The highest BCUT2D eigenvalue weighted by molar-refractivity contribution is 7.90. The van der Waals surface area contributed by atoms with Crippen LogP contribution in [-0.2, 0) is 24.7 Å². The van der Waals surface area contributed by atoms with Crippen molar-refractivity contribution in [3.63, 3.8) is 0 Å². The summed E-state index contributed by atoms with van der Waals surface area (Å²) in [4.78, 5) is 13.2. The zero-order valence-corrected chi connectivity index (χ0v) is 20.0. The maximum atomic E-state index is 12.9. The summed E-state index contributed by atoms with van der Waals surface area (Å²) >= 11 is 0.